The number of carbonyl (C=O) groups is 1. The number of nitrogens with zero attached hydrogens (tertiary/aromatic N) is 3. The van der Waals surface area contributed by atoms with E-state index in [1.807, 2.05) is 13.8 Å². The van der Waals surface area contributed by atoms with Gasteiger partial charge in [-0.3, -0.25) is 9.48 Å². The first kappa shape index (κ1) is 17.6. The summed E-state index contributed by atoms with van der Waals surface area (Å²) in [5.74, 6) is -0.611. The van der Waals surface area contributed by atoms with Crippen LogP contribution in [0.25, 0.3) is 0 Å². The summed E-state index contributed by atoms with van der Waals surface area (Å²) in [7, 11) is 1.72. The summed E-state index contributed by atoms with van der Waals surface area (Å²) in [5, 5.41) is 8.75. The van der Waals surface area contributed by atoms with Gasteiger partial charge < -0.3 is 5.32 Å². The van der Waals surface area contributed by atoms with Gasteiger partial charge in [0.15, 0.2) is 0 Å². The van der Waals surface area contributed by atoms with Crippen molar-refractivity contribution in [2.75, 3.05) is 5.32 Å². The molecule has 0 spiro atoms. The van der Waals surface area contributed by atoms with Crippen LogP contribution in [0.4, 0.5) is 9.39 Å². The van der Waals surface area contributed by atoms with Crippen LogP contribution in [-0.2, 0) is 13.5 Å². The van der Waals surface area contributed by atoms with E-state index in [1.54, 1.807) is 19.3 Å². The third-order valence-electron chi connectivity index (χ3n) is 3.68. The van der Waals surface area contributed by atoms with E-state index < -0.39 is 0 Å². The zero-order valence-electron chi connectivity index (χ0n) is 13.9. The summed E-state index contributed by atoms with van der Waals surface area (Å²) in [6.07, 6.45) is 2.09. The van der Waals surface area contributed by atoms with Gasteiger partial charge in [0, 0.05) is 18.5 Å². The number of hydrogen-bond donors (Lipinski definition) is 1. The average Bonchev–Trinajstić information content (AvgIpc) is 3.00. The maximum Gasteiger partial charge on any atom is 0.274 e. The largest absolute Gasteiger partial charge is 0.311 e. The van der Waals surface area contributed by atoms with Gasteiger partial charge in [-0.15, -0.1) is 11.3 Å². The minimum Gasteiger partial charge on any atom is -0.311 e. The van der Waals surface area contributed by atoms with Crippen LogP contribution in [0.3, 0.4) is 0 Å². The Morgan fingerprint density at radius 2 is 2.12 bits per heavy atom. The lowest BCUT2D eigenvalue weighted by atomic mass is 10.1. The number of benzene rings is 1. The molecule has 0 aliphatic carbocycles. The monoisotopic (exact) mass is 378 g/mol. The molecule has 8 heteroatoms. The van der Waals surface area contributed by atoms with Crippen LogP contribution in [0.1, 0.15) is 32.3 Å². The van der Waals surface area contributed by atoms with E-state index in [2.05, 4.69) is 15.4 Å². The number of anilines is 1. The van der Waals surface area contributed by atoms with E-state index in [1.165, 1.54) is 28.2 Å². The Bertz CT molecular complexity index is 911. The number of carbonyl (C=O) groups excluding carboxylic acids is 1. The van der Waals surface area contributed by atoms with E-state index in [4.69, 9.17) is 11.6 Å². The normalized spacial score (nSPS) is 10.9. The third-order valence-corrected chi connectivity index (χ3v) is 4.97. The number of aryl methyl sites for hydroxylation is 3. The van der Waals surface area contributed by atoms with Gasteiger partial charge in [-0.2, -0.15) is 5.10 Å². The lowest BCUT2D eigenvalue weighted by molar-refractivity contribution is 0.101. The number of rotatable bonds is 4. The second kappa shape index (κ2) is 6.93. The SMILES string of the molecule is Cc1cnn(C)c1C(=O)Nc1sc(Cc2cc(F)cc(Cl)c2)nc1C. The van der Waals surface area contributed by atoms with Crippen LogP contribution in [0.15, 0.2) is 24.4 Å². The molecule has 0 aliphatic heterocycles. The van der Waals surface area contributed by atoms with E-state index in [9.17, 15) is 9.18 Å². The Morgan fingerprint density at radius 1 is 1.36 bits per heavy atom. The maximum atomic E-state index is 13.5. The van der Waals surface area contributed by atoms with Gasteiger partial charge in [0.25, 0.3) is 5.91 Å². The molecule has 0 bridgehead atoms. The molecule has 0 saturated carbocycles. The Balaban J connectivity index is 1.79. The molecule has 25 heavy (non-hydrogen) atoms. The number of thiazole rings is 1. The second-order valence-electron chi connectivity index (χ2n) is 5.73. The zero-order valence-corrected chi connectivity index (χ0v) is 15.5. The van der Waals surface area contributed by atoms with E-state index in [0.717, 1.165) is 21.8 Å². The highest BCUT2D eigenvalue weighted by Gasteiger charge is 2.17. The van der Waals surface area contributed by atoms with Crippen molar-refractivity contribution in [2.24, 2.45) is 7.05 Å². The van der Waals surface area contributed by atoms with Crippen molar-refractivity contribution in [3.63, 3.8) is 0 Å². The van der Waals surface area contributed by atoms with E-state index in [-0.39, 0.29) is 11.7 Å². The number of aromatic nitrogens is 3. The predicted molar refractivity (Wildman–Crippen MR) is 97.0 cm³/mol. The van der Waals surface area contributed by atoms with Crippen LogP contribution in [-0.4, -0.2) is 20.7 Å². The van der Waals surface area contributed by atoms with Crippen molar-refractivity contribution in [1.29, 1.82) is 0 Å². The summed E-state index contributed by atoms with van der Waals surface area (Å²) in [4.78, 5) is 16.9. The van der Waals surface area contributed by atoms with Gasteiger partial charge in [-0.1, -0.05) is 11.6 Å². The molecule has 2 heterocycles. The summed E-state index contributed by atoms with van der Waals surface area (Å²) >= 11 is 7.25. The Labute approximate surface area is 153 Å². The highest BCUT2D eigenvalue weighted by atomic mass is 35.5. The van der Waals surface area contributed by atoms with Crippen molar-refractivity contribution in [1.82, 2.24) is 14.8 Å². The standard InChI is InChI=1S/C17H16ClFN4OS/c1-9-8-20-23(3)15(9)16(24)22-17-10(2)21-14(25-17)6-11-4-12(18)7-13(19)5-11/h4-5,7-8H,6H2,1-3H3,(H,22,24). The van der Waals surface area contributed by atoms with Gasteiger partial charge >= 0.3 is 0 Å². The molecule has 0 radical (unpaired) electrons. The molecule has 0 atom stereocenters. The molecular formula is C17H16ClFN4OS. The Morgan fingerprint density at radius 3 is 2.76 bits per heavy atom. The second-order valence-corrected chi connectivity index (χ2v) is 7.25. The first-order valence-electron chi connectivity index (χ1n) is 7.54. The lowest BCUT2D eigenvalue weighted by Gasteiger charge is -2.04. The molecular weight excluding hydrogens is 363 g/mol. The number of halogens is 2. The summed E-state index contributed by atoms with van der Waals surface area (Å²) in [5.41, 5.74) is 2.76. The molecule has 0 fully saturated rings. The van der Waals surface area contributed by atoms with Gasteiger partial charge in [0.05, 0.1) is 16.9 Å². The molecule has 3 aromatic rings. The smallest absolute Gasteiger partial charge is 0.274 e. The number of amides is 1. The molecule has 1 N–H and O–H groups in total. The molecule has 0 saturated heterocycles. The number of hydrogen-bond acceptors (Lipinski definition) is 4. The summed E-state index contributed by atoms with van der Waals surface area (Å²) in [6, 6.07) is 4.40. The average molecular weight is 379 g/mol. The quantitative estimate of drug-likeness (QED) is 0.742. The topological polar surface area (TPSA) is 59.8 Å². The number of nitrogens with one attached hydrogen (secondary N) is 1. The fourth-order valence-electron chi connectivity index (χ4n) is 2.57. The van der Waals surface area contributed by atoms with Gasteiger partial charge in [0.1, 0.15) is 16.5 Å². The van der Waals surface area contributed by atoms with Gasteiger partial charge in [-0.05, 0) is 43.2 Å². The van der Waals surface area contributed by atoms with Crippen molar-refractivity contribution in [3.8, 4) is 0 Å². The Hall–Kier alpha value is -2.25. The molecule has 130 valence electrons. The highest BCUT2D eigenvalue weighted by molar-refractivity contribution is 7.16. The van der Waals surface area contributed by atoms with Crippen molar-refractivity contribution in [2.45, 2.75) is 20.3 Å². The maximum absolute atomic E-state index is 13.5. The van der Waals surface area contributed by atoms with Crippen molar-refractivity contribution >= 4 is 33.8 Å². The summed E-state index contributed by atoms with van der Waals surface area (Å²) < 4.78 is 15.0. The molecule has 3 rings (SSSR count). The van der Waals surface area contributed by atoms with Gasteiger partial charge in [-0.25, -0.2) is 9.37 Å². The van der Waals surface area contributed by atoms with Crippen LogP contribution < -0.4 is 5.32 Å². The van der Waals surface area contributed by atoms with Crippen LogP contribution in [0.2, 0.25) is 5.02 Å². The zero-order chi connectivity index (χ0) is 18.1. The van der Waals surface area contributed by atoms with E-state index >= 15 is 0 Å². The van der Waals surface area contributed by atoms with E-state index in [0.29, 0.717) is 22.1 Å². The van der Waals surface area contributed by atoms with Crippen LogP contribution in [0, 0.1) is 19.7 Å². The lowest BCUT2D eigenvalue weighted by Crippen LogP contribution is -2.17. The molecule has 1 amide bonds. The minimum atomic E-state index is -0.379. The molecule has 5 nitrogen and oxygen atoms in total. The van der Waals surface area contributed by atoms with Gasteiger partial charge in [0.2, 0.25) is 0 Å². The highest BCUT2D eigenvalue weighted by Crippen LogP contribution is 2.27. The fourth-order valence-corrected chi connectivity index (χ4v) is 3.81. The Kier molecular flexibility index (Phi) is 4.87. The van der Waals surface area contributed by atoms with Crippen molar-refractivity contribution in [3.05, 3.63) is 62.8 Å². The molecule has 0 aliphatic rings. The first-order valence-corrected chi connectivity index (χ1v) is 8.74. The third kappa shape index (κ3) is 3.88. The van der Waals surface area contributed by atoms with Crippen LogP contribution >= 0.6 is 22.9 Å². The predicted octanol–water partition coefficient (Wildman–Crippen LogP) is 4.13. The van der Waals surface area contributed by atoms with Crippen molar-refractivity contribution < 1.29 is 9.18 Å². The molecule has 1 aromatic carbocycles. The first-order chi connectivity index (χ1) is 11.8. The summed E-state index contributed by atoms with van der Waals surface area (Å²) in [6.45, 7) is 3.66. The molecule has 2 aromatic heterocycles. The minimum absolute atomic E-state index is 0.232. The van der Waals surface area contributed by atoms with Crippen LogP contribution in [0.5, 0.6) is 0 Å². The fraction of sp³-hybridized carbons (Fsp3) is 0.235. The molecule has 0 unspecified atom stereocenters.